The first-order valence-corrected chi connectivity index (χ1v) is 7.46. The van der Waals surface area contributed by atoms with Crippen LogP contribution < -0.4 is 5.32 Å². The van der Waals surface area contributed by atoms with Gasteiger partial charge in [0, 0.05) is 11.1 Å². The molecule has 0 aliphatic rings. The van der Waals surface area contributed by atoms with E-state index in [1.165, 1.54) is 24.3 Å². The van der Waals surface area contributed by atoms with Crippen molar-refractivity contribution in [2.75, 3.05) is 13.2 Å². The number of hydrogen-bond donors (Lipinski definition) is 1. The van der Waals surface area contributed by atoms with Crippen LogP contribution in [-0.4, -0.2) is 37.0 Å². The number of nitrogens with one attached hydrogen (secondary N) is 1. The Kier molecular flexibility index (Phi) is 6.11. The molecule has 5 nitrogen and oxygen atoms in total. The Morgan fingerprint density at radius 3 is 1.96 bits per heavy atom. The Morgan fingerprint density at radius 2 is 1.38 bits per heavy atom. The van der Waals surface area contributed by atoms with Crippen LogP contribution in [0.25, 0.3) is 0 Å². The molecule has 0 aliphatic heterocycles. The summed E-state index contributed by atoms with van der Waals surface area (Å²) in [5, 5.41) is 1.59. The van der Waals surface area contributed by atoms with Crippen molar-refractivity contribution in [3.63, 3.8) is 0 Å². The van der Waals surface area contributed by atoms with Crippen LogP contribution in [0.3, 0.4) is 0 Å². The highest BCUT2D eigenvalue weighted by Gasteiger charge is 2.27. The van der Waals surface area contributed by atoms with E-state index in [-0.39, 0.29) is 11.3 Å². The molecule has 0 radical (unpaired) electrons. The zero-order valence-corrected chi connectivity index (χ0v) is 13.4. The number of carbonyl (C=O) groups excluding carboxylic acids is 3. The molecule has 0 heterocycles. The molecule has 2 rings (SSSR count). The summed E-state index contributed by atoms with van der Waals surface area (Å²) in [5.41, 5.74) is 0.915. The van der Waals surface area contributed by atoms with E-state index in [0.717, 1.165) is 0 Å². The molecule has 0 saturated carbocycles. The predicted molar refractivity (Wildman–Crippen MR) is 85.7 cm³/mol. The summed E-state index contributed by atoms with van der Waals surface area (Å²) in [6.07, 6.45) is -4.54. The number of alkyl halides is 3. The lowest BCUT2D eigenvalue weighted by Crippen LogP contribution is -2.36. The number of ketones is 1. The topological polar surface area (TPSA) is 72.5 Å². The largest absolute Gasteiger partial charge is 0.452 e. The number of amides is 1. The van der Waals surface area contributed by atoms with Crippen molar-refractivity contribution < 1.29 is 32.3 Å². The maximum absolute atomic E-state index is 12.2. The molecule has 26 heavy (non-hydrogen) atoms. The second kappa shape index (κ2) is 8.28. The predicted octanol–water partition coefficient (Wildman–Crippen LogP) is 2.75. The summed E-state index contributed by atoms with van der Waals surface area (Å²) < 4.78 is 40.5. The van der Waals surface area contributed by atoms with Gasteiger partial charge in [-0.15, -0.1) is 0 Å². The normalized spacial score (nSPS) is 10.9. The molecule has 1 amide bonds. The molecule has 0 unspecified atom stereocenters. The first kappa shape index (κ1) is 19.2. The van der Waals surface area contributed by atoms with Gasteiger partial charge >= 0.3 is 12.1 Å². The highest BCUT2D eigenvalue weighted by molar-refractivity contribution is 6.09. The Morgan fingerprint density at radius 1 is 0.846 bits per heavy atom. The van der Waals surface area contributed by atoms with Gasteiger partial charge in [-0.05, 0) is 12.1 Å². The van der Waals surface area contributed by atoms with Crippen LogP contribution in [0.2, 0.25) is 0 Å². The second-order valence-electron chi connectivity index (χ2n) is 5.24. The average Bonchev–Trinajstić information content (AvgIpc) is 2.64. The average molecular weight is 365 g/mol. The zero-order valence-electron chi connectivity index (χ0n) is 13.4. The molecule has 2 aromatic rings. The van der Waals surface area contributed by atoms with Crippen molar-refractivity contribution in [1.82, 2.24) is 5.32 Å². The van der Waals surface area contributed by atoms with E-state index in [9.17, 15) is 27.6 Å². The van der Waals surface area contributed by atoms with Crippen molar-refractivity contribution >= 4 is 17.7 Å². The van der Waals surface area contributed by atoms with E-state index < -0.39 is 31.2 Å². The molecule has 0 bridgehead atoms. The molecule has 0 fully saturated rings. The van der Waals surface area contributed by atoms with E-state index in [1.54, 1.807) is 35.6 Å². The van der Waals surface area contributed by atoms with Crippen LogP contribution in [-0.2, 0) is 9.53 Å². The lowest BCUT2D eigenvalue weighted by atomic mass is 10.0. The monoisotopic (exact) mass is 365 g/mol. The number of hydrogen-bond acceptors (Lipinski definition) is 4. The van der Waals surface area contributed by atoms with E-state index in [2.05, 4.69) is 4.74 Å². The Labute approximate surface area is 146 Å². The highest BCUT2D eigenvalue weighted by atomic mass is 19.4. The van der Waals surface area contributed by atoms with Crippen molar-refractivity contribution in [3.8, 4) is 0 Å². The van der Waals surface area contributed by atoms with Crippen LogP contribution >= 0.6 is 0 Å². The minimum atomic E-state index is -4.54. The second-order valence-corrected chi connectivity index (χ2v) is 5.24. The maximum atomic E-state index is 12.2. The smallest absolute Gasteiger partial charge is 0.405 e. The Bertz CT molecular complexity index is 786. The number of carbonyl (C=O) groups is 3. The summed E-state index contributed by atoms with van der Waals surface area (Å²) in [7, 11) is 0. The third-order valence-electron chi connectivity index (χ3n) is 3.24. The molecular formula is C18H14F3NO4. The molecule has 0 aliphatic carbocycles. The fraction of sp³-hybridized carbons (Fsp3) is 0.167. The van der Waals surface area contributed by atoms with Gasteiger partial charge in [0.05, 0.1) is 5.56 Å². The molecule has 8 heteroatoms. The fourth-order valence-corrected chi connectivity index (χ4v) is 1.98. The lowest BCUT2D eigenvalue weighted by Gasteiger charge is -2.09. The van der Waals surface area contributed by atoms with Gasteiger partial charge in [0.15, 0.2) is 12.4 Å². The van der Waals surface area contributed by atoms with Crippen LogP contribution in [0.1, 0.15) is 26.3 Å². The van der Waals surface area contributed by atoms with E-state index in [0.29, 0.717) is 11.1 Å². The van der Waals surface area contributed by atoms with Crippen molar-refractivity contribution in [3.05, 3.63) is 71.3 Å². The number of halogens is 3. The molecule has 0 saturated heterocycles. The van der Waals surface area contributed by atoms with Crippen molar-refractivity contribution in [2.45, 2.75) is 6.18 Å². The minimum Gasteiger partial charge on any atom is -0.452 e. The minimum absolute atomic E-state index is 0.0678. The summed E-state index contributed by atoms with van der Waals surface area (Å²) >= 11 is 0. The Hall–Kier alpha value is -3.16. The third kappa shape index (κ3) is 5.73. The standard InChI is InChI=1S/C18H14F3NO4/c19-18(20,21)11-22-15(23)10-26-17(25)14-8-6-13(7-9-14)16(24)12-4-2-1-3-5-12/h1-9H,10-11H2,(H,22,23). The number of rotatable bonds is 6. The fourth-order valence-electron chi connectivity index (χ4n) is 1.98. The molecule has 0 spiro atoms. The summed E-state index contributed by atoms with van der Waals surface area (Å²) in [6.45, 7) is -2.33. The summed E-state index contributed by atoms with van der Waals surface area (Å²) in [5.74, 6) is -2.17. The van der Waals surface area contributed by atoms with Crippen LogP contribution in [0.4, 0.5) is 13.2 Å². The van der Waals surface area contributed by atoms with Gasteiger partial charge in [-0.2, -0.15) is 13.2 Å². The SMILES string of the molecule is O=C(COC(=O)c1ccc(C(=O)c2ccccc2)cc1)NCC(F)(F)F. The van der Waals surface area contributed by atoms with Crippen LogP contribution in [0, 0.1) is 0 Å². The molecule has 0 atom stereocenters. The molecule has 0 aromatic heterocycles. The lowest BCUT2D eigenvalue weighted by molar-refractivity contribution is -0.140. The summed E-state index contributed by atoms with van der Waals surface area (Å²) in [6, 6.07) is 14.1. The Balaban J connectivity index is 1.90. The van der Waals surface area contributed by atoms with Gasteiger partial charge in [0.1, 0.15) is 6.54 Å². The van der Waals surface area contributed by atoms with Gasteiger partial charge in [-0.1, -0.05) is 42.5 Å². The molecular weight excluding hydrogens is 351 g/mol. The maximum Gasteiger partial charge on any atom is 0.405 e. The van der Waals surface area contributed by atoms with E-state index in [4.69, 9.17) is 0 Å². The molecule has 2 aromatic carbocycles. The highest BCUT2D eigenvalue weighted by Crippen LogP contribution is 2.13. The van der Waals surface area contributed by atoms with Gasteiger partial charge < -0.3 is 10.1 Å². The van der Waals surface area contributed by atoms with Crippen molar-refractivity contribution in [1.29, 1.82) is 0 Å². The number of esters is 1. The zero-order chi connectivity index (χ0) is 19.2. The van der Waals surface area contributed by atoms with Crippen LogP contribution in [0.15, 0.2) is 54.6 Å². The summed E-state index contributed by atoms with van der Waals surface area (Å²) in [4.78, 5) is 35.2. The van der Waals surface area contributed by atoms with E-state index >= 15 is 0 Å². The van der Waals surface area contributed by atoms with Crippen molar-refractivity contribution in [2.24, 2.45) is 0 Å². The van der Waals surface area contributed by atoms with Gasteiger partial charge in [0.25, 0.3) is 5.91 Å². The first-order chi connectivity index (χ1) is 12.3. The van der Waals surface area contributed by atoms with Gasteiger partial charge in [-0.3, -0.25) is 9.59 Å². The van der Waals surface area contributed by atoms with Crippen LogP contribution in [0.5, 0.6) is 0 Å². The first-order valence-electron chi connectivity index (χ1n) is 7.46. The molecule has 1 N–H and O–H groups in total. The third-order valence-corrected chi connectivity index (χ3v) is 3.24. The molecule has 136 valence electrons. The van der Waals surface area contributed by atoms with Gasteiger partial charge in [-0.25, -0.2) is 4.79 Å². The van der Waals surface area contributed by atoms with E-state index in [1.807, 2.05) is 0 Å². The number of benzene rings is 2. The number of ether oxygens (including phenoxy) is 1. The quantitative estimate of drug-likeness (QED) is 0.631. The van der Waals surface area contributed by atoms with Gasteiger partial charge in [0.2, 0.25) is 0 Å².